The fourth-order valence-electron chi connectivity index (χ4n) is 3.50. The summed E-state index contributed by atoms with van der Waals surface area (Å²) in [6.45, 7) is 0.796. The summed E-state index contributed by atoms with van der Waals surface area (Å²) in [5.41, 5.74) is -0.807. The van der Waals surface area contributed by atoms with Gasteiger partial charge >= 0.3 is 12.0 Å². The second-order valence-corrected chi connectivity index (χ2v) is 6.33. The molecule has 2 rings (SSSR count). The number of carbonyl (C=O) groups is 2. The van der Waals surface area contributed by atoms with Crippen molar-refractivity contribution in [2.24, 2.45) is 5.41 Å². The second-order valence-electron chi connectivity index (χ2n) is 6.33. The number of carbonyl (C=O) groups excluding carboxylic acids is 1. The number of nitrogens with zero attached hydrogens (tertiary/aromatic N) is 1. The molecule has 2 fully saturated rings. The van der Waals surface area contributed by atoms with E-state index in [0.29, 0.717) is 19.4 Å². The Morgan fingerprint density at radius 1 is 1.14 bits per heavy atom. The predicted molar refractivity (Wildman–Crippen MR) is 78.0 cm³/mol. The lowest BCUT2D eigenvalue weighted by atomic mass is 9.74. The molecule has 2 aliphatic rings. The standard InChI is InChI=1S/C15H26N2O4/c18-10-12-6-2-5-9-17(12)14(21)16-11-15(13(19)20)7-3-1-4-8-15/h12,18H,1-11H2,(H,16,21)(H,19,20). The van der Waals surface area contributed by atoms with Gasteiger partial charge in [-0.05, 0) is 32.1 Å². The van der Waals surface area contributed by atoms with Crippen molar-refractivity contribution in [1.82, 2.24) is 10.2 Å². The average molecular weight is 298 g/mol. The Morgan fingerprint density at radius 3 is 2.48 bits per heavy atom. The molecule has 2 amide bonds. The Labute approximate surface area is 125 Å². The van der Waals surface area contributed by atoms with Crippen LogP contribution < -0.4 is 5.32 Å². The first-order chi connectivity index (χ1) is 10.1. The van der Waals surface area contributed by atoms with Crippen LogP contribution in [0, 0.1) is 5.41 Å². The van der Waals surface area contributed by atoms with Crippen molar-refractivity contribution < 1.29 is 19.8 Å². The highest BCUT2D eigenvalue weighted by molar-refractivity contribution is 5.78. The lowest BCUT2D eigenvalue weighted by Crippen LogP contribution is -2.53. The number of hydrogen-bond donors (Lipinski definition) is 3. The van der Waals surface area contributed by atoms with Gasteiger partial charge < -0.3 is 20.4 Å². The molecule has 6 nitrogen and oxygen atoms in total. The van der Waals surface area contributed by atoms with E-state index in [2.05, 4.69) is 5.32 Å². The van der Waals surface area contributed by atoms with Crippen molar-refractivity contribution in [1.29, 1.82) is 0 Å². The number of aliphatic carboxylic acids is 1. The fraction of sp³-hybridized carbons (Fsp3) is 0.867. The molecule has 1 heterocycles. The first-order valence-electron chi connectivity index (χ1n) is 7.98. The number of carboxylic acid groups (broad SMARTS) is 1. The summed E-state index contributed by atoms with van der Waals surface area (Å²) in [4.78, 5) is 25.5. The van der Waals surface area contributed by atoms with Gasteiger partial charge in [0.2, 0.25) is 0 Å². The lowest BCUT2D eigenvalue weighted by Gasteiger charge is -2.37. The van der Waals surface area contributed by atoms with Gasteiger partial charge in [0.05, 0.1) is 18.1 Å². The van der Waals surface area contributed by atoms with Gasteiger partial charge in [-0.25, -0.2) is 4.79 Å². The van der Waals surface area contributed by atoms with Crippen LogP contribution in [0.2, 0.25) is 0 Å². The molecule has 0 radical (unpaired) electrons. The van der Waals surface area contributed by atoms with Gasteiger partial charge in [-0.3, -0.25) is 4.79 Å². The maximum absolute atomic E-state index is 12.3. The zero-order valence-corrected chi connectivity index (χ0v) is 12.5. The minimum Gasteiger partial charge on any atom is -0.481 e. The molecule has 1 unspecified atom stereocenters. The summed E-state index contributed by atoms with van der Waals surface area (Å²) in [6, 6.07) is -0.370. The number of hydrogen-bond acceptors (Lipinski definition) is 3. The quantitative estimate of drug-likeness (QED) is 0.735. The third kappa shape index (κ3) is 3.67. The lowest BCUT2D eigenvalue weighted by molar-refractivity contribution is -0.150. The molecule has 0 bridgehead atoms. The van der Waals surface area contributed by atoms with E-state index < -0.39 is 11.4 Å². The van der Waals surface area contributed by atoms with E-state index >= 15 is 0 Å². The summed E-state index contributed by atoms with van der Waals surface area (Å²) in [7, 11) is 0. The van der Waals surface area contributed by atoms with Crippen molar-refractivity contribution in [2.75, 3.05) is 19.7 Å². The van der Waals surface area contributed by atoms with Crippen LogP contribution in [0.4, 0.5) is 4.79 Å². The first-order valence-corrected chi connectivity index (χ1v) is 7.98. The molecule has 1 aliphatic carbocycles. The number of likely N-dealkylation sites (tertiary alicyclic amines) is 1. The summed E-state index contributed by atoms with van der Waals surface area (Å²) in [6.07, 6.45) is 6.92. The number of aliphatic hydroxyl groups is 1. The molecule has 0 spiro atoms. The molecule has 0 aromatic carbocycles. The molecule has 0 aromatic rings. The van der Waals surface area contributed by atoms with E-state index in [0.717, 1.165) is 38.5 Å². The van der Waals surface area contributed by atoms with E-state index in [1.807, 2.05) is 0 Å². The molecule has 0 aromatic heterocycles. The van der Waals surface area contributed by atoms with Crippen LogP contribution in [0.25, 0.3) is 0 Å². The van der Waals surface area contributed by atoms with Crippen molar-refractivity contribution in [2.45, 2.75) is 57.4 Å². The van der Waals surface area contributed by atoms with Crippen LogP contribution in [-0.4, -0.2) is 52.9 Å². The Bertz CT molecular complexity index is 380. The molecule has 1 aliphatic heterocycles. The number of nitrogens with one attached hydrogen (secondary N) is 1. The van der Waals surface area contributed by atoms with Crippen LogP contribution in [-0.2, 0) is 4.79 Å². The second kappa shape index (κ2) is 7.11. The number of aliphatic hydroxyl groups excluding tert-OH is 1. The van der Waals surface area contributed by atoms with Gasteiger partial charge in [-0.2, -0.15) is 0 Å². The molecule has 1 saturated heterocycles. The monoisotopic (exact) mass is 298 g/mol. The number of piperidine rings is 1. The van der Waals surface area contributed by atoms with Crippen LogP contribution >= 0.6 is 0 Å². The third-order valence-electron chi connectivity index (χ3n) is 4.94. The third-order valence-corrected chi connectivity index (χ3v) is 4.94. The van der Waals surface area contributed by atoms with Crippen LogP contribution in [0.5, 0.6) is 0 Å². The Balaban J connectivity index is 1.93. The van der Waals surface area contributed by atoms with Gasteiger partial charge in [-0.1, -0.05) is 19.3 Å². The molecule has 6 heteroatoms. The van der Waals surface area contributed by atoms with E-state index in [1.54, 1.807) is 4.90 Å². The summed E-state index contributed by atoms with van der Waals surface area (Å²) in [5.74, 6) is -0.806. The van der Waals surface area contributed by atoms with E-state index in [-0.39, 0.29) is 25.2 Å². The van der Waals surface area contributed by atoms with Gasteiger partial charge in [0, 0.05) is 13.1 Å². The highest BCUT2D eigenvalue weighted by Gasteiger charge is 2.40. The largest absolute Gasteiger partial charge is 0.481 e. The zero-order chi connectivity index (χ0) is 15.3. The highest BCUT2D eigenvalue weighted by Crippen LogP contribution is 2.36. The van der Waals surface area contributed by atoms with Crippen LogP contribution in [0.15, 0.2) is 0 Å². The topological polar surface area (TPSA) is 89.9 Å². The van der Waals surface area contributed by atoms with E-state index in [1.165, 1.54) is 0 Å². The SMILES string of the molecule is O=C(NCC1(C(=O)O)CCCCC1)N1CCCCC1CO. The first kappa shape index (κ1) is 16.1. The minimum absolute atomic E-state index is 0.0303. The molecule has 1 atom stereocenters. The summed E-state index contributed by atoms with van der Waals surface area (Å²) in [5, 5.41) is 21.7. The van der Waals surface area contributed by atoms with E-state index in [4.69, 9.17) is 0 Å². The summed E-state index contributed by atoms with van der Waals surface area (Å²) >= 11 is 0. The molecule has 1 saturated carbocycles. The van der Waals surface area contributed by atoms with Gasteiger partial charge in [0.15, 0.2) is 0 Å². The van der Waals surface area contributed by atoms with E-state index in [9.17, 15) is 19.8 Å². The maximum Gasteiger partial charge on any atom is 0.317 e. The summed E-state index contributed by atoms with van der Waals surface area (Å²) < 4.78 is 0. The molecule has 3 N–H and O–H groups in total. The maximum atomic E-state index is 12.3. The predicted octanol–water partition coefficient (Wildman–Crippen LogP) is 1.58. The van der Waals surface area contributed by atoms with Crippen LogP contribution in [0.1, 0.15) is 51.4 Å². The van der Waals surface area contributed by atoms with Gasteiger partial charge in [0.1, 0.15) is 0 Å². The van der Waals surface area contributed by atoms with Crippen LogP contribution in [0.3, 0.4) is 0 Å². The highest BCUT2D eigenvalue weighted by atomic mass is 16.4. The normalized spacial score (nSPS) is 25.4. The Hall–Kier alpha value is -1.30. The molecular weight excluding hydrogens is 272 g/mol. The molecule has 21 heavy (non-hydrogen) atoms. The van der Waals surface area contributed by atoms with Gasteiger partial charge in [0.25, 0.3) is 0 Å². The van der Waals surface area contributed by atoms with Crippen molar-refractivity contribution in [3.8, 4) is 0 Å². The number of amides is 2. The van der Waals surface area contributed by atoms with Crippen molar-refractivity contribution in [3.63, 3.8) is 0 Å². The Kier molecular flexibility index (Phi) is 5.45. The van der Waals surface area contributed by atoms with Crippen molar-refractivity contribution in [3.05, 3.63) is 0 Å². The number of rotatable bonds is 4. The average Bonchev–Trinajstić information content (AvgIpc) is 2.53. The minimum atomic E-state index is -0.807. The van der Waals surface area contributed by atoms with Crippen molar-refractivity contribution >= 4 is 12.0 Å². The fourth-order valence-corrected chi connectivity index (χ4v) is 3.50. The van der Waals surface area contributed by atoms with Gasteiger partial charge in [-0.15, -0.1) is 0 Å². The molecule has 120 valence electrons. The smallest absolute Gasteiger partial charge is 0.317 e. The zero-order valence-electron chi connectivity index (χ0n) is 12.5. The number of urea groups is 1. The number of carboxylic acids is 1. The molecular formula is C15H26N2O4. The Morgan fingerprint density at radius 2 is 1.86 bits per heavy atom.